The van der Waals surface area contributed by atoms with Gasteiger partial charge in [-0.05, 0) is 68.3 Å². The zero-order valence-electron chi connectivity index (χ0n) is 18.2. The number of carbonyl (C=O) groups excluding carboxylic acids is 2. The molecule has 32 heavy (non-hydrogen) atoms. The van der Waals surface area contributed by atoms with Gasteiger partial charge in [0.15, 0.2) is 0 Å². The summed E-state index contributed by atoms with van der Waals surface area (Å²) in [6.45, 7) is 5.62. The standard InChI is InChI=1S/C25H22ClN3O3/c1-15-7-5-6-8-22(15)28-24(30)20(14-27)12-19-11-16(2)29(17(19)3)23-13-18(25(31)32-4)9-10-21(23)26/h5-13H,1-4H3,(H,28,30)/b20-12-. The van der Waals surface area contributed by atoms with Crippen molar-refractivity contribution in [2.45, 2.75) is 20.8 Å². The molecule has 1 aromatic heterocycles. The van der Waals surface area contributed by atoms with E-state index in [2.05, 4.69) is 5.32 Å². The maximum absolute atomic E-state index is 12.7. The van der Waals surface area contributed by atoms with Crippen LogP contribution >= 0.6 is 11.6 Å². The molecule has 2 aromatic carbocycles. The minimum absolute atomic E-state index is 0.0251. The Bertz CT molecular complexity index is 1280. The van der Waals surface area contributed by atoms with Crippen molar-refractivity contribution in [3.63, 3.8) is 0 Å². The normalized spacial score (nSPS) is 11.1. The Morgan fingerprint density at radius 2 is 1.84 bits per heavy atom. The molecule has 0 aliphatic rings. The zero-order chi connectivity index (χ0) is 23.4. The molecule has 0 aliphatic heterocycles. The van der Waals surface area contributed by atoms with Crippen LogP contribution in [-0.2, 0) is 9.53 Å². The third-order valence-electron chi connectivity index (χ3n) is 5.14. The van der Waals surface area contributed by atoms with E-state index in [9.17, 15) is 14.9 Å². The molecule has 0 unspecified atom stereocenters. The van der Waals surface area contributed by atoms with Gasteiger partial charge >= 0.3 is 5.97 Å². The first kappa shape index (κ1) is 22.9. The average molecular weight is 448 g/mol. The van der Waals surface area contributed by atoms with Crippen molar-refractivity contribution in [1.82, 2.24) is 4.57 Å². The van der Waals surface area contributed by atoms with Crippen LogP contribution < -0.4 is 5.32 Å². The lowest BCUT2D eigenvalue weighted by Crippen LogP contribution is -2.14. The molecular weight excluding hydrogens is 426 g/mol. The van der Waals surface area contributed by atoms with E-state index in [0.717, 1.165) is 17.0 Å². The molecular formula is C25H22ClN3O3. The molecule has 1 heterocycles. The molecule has 0 spiro atoms. The summed E-state index contributed by atoms with van der Waals surface area (Å²) in [4.78, 5) is 24.7. The van der Waals surface area contributed by atoms with E-state index in [0.29, 0.717) is 27.5 Å². The van der Waals surface area contributed by atoms with Gasteiger partial charge in [0, 0.05) is 17.1 Å². The quantitative estimate of drug-likeness (QED) is 0.323. The molecule has 0 radical (unpaired) electrons. The minimum Gasteiger partial charge on any atom is -0.465 e. The van der Waals surface area contributed by atoms with Gasteiger partial charge in [0.2, 0.25) is 0 Å². The number of nitrogens with zero attached hydrogens (tertiary/aromatic N) is 2. The monoisotopic (exact) mass is 447 g/mol. The fourth-order valence-corrected chi connectivity index (χ4v) is 3.64. The maximum atomic E-state index is 12.7. The van der Waals surface area contributed by atoms with E-state index < -0.39 is 11.9 Å². The van der Waals surface area contributed by atoms with Gasteiger partial charge < -0.3 is 14.6 Å². The smallest absolute Gasteiger partial charge is 0.337 e. The second-order valence-electron chi connectivity index (χ2n) is 7.26. The summed E-state index contributed by atoms with van der Waals surface area (Å²) in [5.74, 6) is -0.956. The van der Waals surface area contributed by atoms with Crippen LogP contribution in [0.1, 0.15) is 32.9 Å². The second-order valence-corrected chi connectivity index (χ2v) is 7.67. The number of methoxy groups -OCH3 is 1. The van der Waals surface area contributed by atoms with Crippen molar-refractivity contribution < 1.29 is 14.3 Å². The number of amides is 1. The van der Waals surface area contributed by atoms with Crippen molar-refractivity contribution >= 4 is 35.2 Å². The van der Waals surface area contributed by atoms with E-state index >= 15 is 0 Å². The number of hydrogen-bond acceptors (Lipinski definition) is 4. The van der Waals surface area contributed by atoms with Gasteiger partial charge in [0.05, 0.1) is 23.4 Å². The van der Waals surface area contributed by atoms with Crippen LogP contribution in [0.4, 0.5) is 5.69 Å². The van der Waals surface area contributed by atoms with Crippen molar-refractivity contribution in [2.75, 3.05) is 12.4 Å². The lowest BCUT2D eigenvalue weighted by atomic mass is 10.1. The SMILES string of the molecule is COC(=O)c1ccc(Cl)c(-n2c(C)cc(/C=C(/C#N)C(=O)Nc3ccccc3C)c2C)c1. The largest absolute Gasteiger partial charge is 0.465 e. The van der Waals surface area contributed by atoms with Gasteiger partial charge in [-0.3, -0.25) is 4.79 Å². The predicted octanol–water partition coefficient (Wildman–Crippen LogP) is 5.39. The summed E-state index contributed by atoms with van der Waals surface area (Å²) in [5, 5.41) is 12.8. The third kappa shape index (κ3) is 4.58. The van der Waals surface area contributed by atoms with Gasteiger partial charge in [-0.15, -0.1) is 0 Å². The van der Waals surface area contributed by atoms with E-state index in [1.54, 1.807) is 30.3 Å². The number of esters is 1. The van der Waals surface area contributed by atoms with E-state index in [1.807, 2.05) is 55.7 Å². The molecule has 0 atom stereocenters. The van der Waals surface area contributed by atoms with Gasteiger partial charge in [-0.25, -0.2) is 4.79 Å². The molecule has 0 saturated heterocycles. The van der Waals surface area contributed by atoms with Crippen LogP contribution in [0.15, 0.2) is 54.1 Å². The summed E-state index contributed by atoms with van der Waals surface area (Å²) in [6, 6.07) is 16.1. The number of aryl methyl sites for hydroxylation is 2. The Kier molecular flexibility index (Phi) is 6.82. The molecule has 0 bridgehead atoms. The Morgan fingerprint density at radius 1 is 1.12 bits per heavy atom. The second kappa shape index (κ2) is 9.54. The predicted molar refractivity (Wildman–Crippen MR) is 125 cm³/mol. The Labute approximate surface area is 191 Å². The molecule has 3 rings (SSSR count). The molecule has 7 heteroatoms. The number of nitriles is 1. The lowest BCUT2D eigenvalue weighted by molar-refractivity contribution is -0.112. The highest BCUT2D eigenvalue weighted by molar-refractivity contribution is 6.32. The summed E-state index contributed by atoms with van der Waals surface area (Å²) in [7, 11) is 1.32. The van der Waals surface area contributed by atoms with E-state index in [1.165, 1.54) is 7.11 Å². The summed E-state index contributed by atoms with van der Waals surface area (Å²) in [6.07, 6.45) is 1.55. The molecule has 0 aliphatic carbocycles. The van der Waals surface area contributed by atoms with Crippen molar-refractivity contribution in [3.8, 4) is 11.8 Å². The van der Waals surface area contributed by atoms with Crippen LogP contribution in [0, 0.1) is 32.1 Å². The van der Waals surface area contributed by atoms with Crippen molar-refractivity contribution in [1.29, 1.82) is 5.26 Å². The van der Waals surface area contributed by atoms with E-state index in [-0.39, 0.29) is 5.57 Å². The van der Waals surface area contributed by atoms with Gasteiger partial charge in [0.25, 0.3) is 5.91 Å². The van der Waals surface area contributed by atoms with Crippen LogP contribution in [0.5, 0.6) is 0 Å². The number of aromatic nitrogens is 1. The fourth-order valence-electron chi connectivity index (χ4n) is 3.44. The Balaban J connectivity index is 2.01. The highest BCUT2D eigenvalue weighted by Gasteiger charge is 2.17. The first-order valence-corrected chi connectivity index (χ1v) is 10.2. The zero-order valence-corrected chi connectivity index (χ0v) is 18.9. The minimum atomic E-state index is -0.489. The number of carbonyl (C=O) groups is 2. The maximum Gasteiger partial charge on any atom is 0.337 e. The summed E-state index contributed by atoms with van der Waals surface area (Å²) < 4.78 is 6.67. The topological polar surface area (TPSA) is 84.1 Å². The number of hydrogen-bond donors (Lipinski definition) is 1. The molecule has 1 N–H and O–H groups in total. The number of ether oxygens (including phenoxy) is 1. The van der Waals surface area contributed by atoms with Crippen molar-refractivity contribution in [3.05, 3.63) is 87.2 Å². The Hall–Kier alpha value is -3.82. The fraction of sp³-hybridized carbons (Fsp3) is 0.160. The third-order valence-corrected chi connectivity index (χ3v) is 5.46. The van der Waals surface area contributed by atoms with Gasteiger partial charge in [-0.2, -0.15) is 5.26 Å². The summed E-state index contributed by atoms with van der Waals surface area (Å²) >= 11 is 6.42. The Morgan fingerprint density at radius 3 is 2.50 bits per heavy atom. The number of nitrogens with one attached hydrogen (secondary N) is 1. The number of para-hydroxylation sites is 1. The number of anilines is 1. The first-order chi connectivity index (χ1) is 15.3. The number of rotatable bonds is 5. The van der Waals surface area contributed by atoms with Crippen molar-refractivity contribution in [2.24, 2.45) is 0 Å². The molecule has 1 amide bonds. The van der Waals surface area contributed by atoms with Crippen LogP contribution in [0.25, 0.3) is 11.8 Å². The highest BCUT2D eigenvalue weighted by atomic mass is 35.5. The number of benzene rings is 2. The van der Waals surface area contributed by atoms with Crippen LogP contribution in [0.2, 0.25) is 5.02 Å². The molecule has 3 aromatic rings. The first-order valence-electron chi connectivity index (χ1n) is 9.82. The van der Waals surface area contributed by atoms with E-state index in [4.69, 9.17) is 16.3 Å². The number of halogens is 1. The molecule has 0 fully saturated rings. The molecule has 6 nitrogen and oxygen atoms in total. The van der Waals surface area contributed by atoms with Gasteiger partial charge in [0.1, 0.15) is 11.6 Å². The molecule has 162 valence electrons. The lowest BCUT2D eigenvalue weighted by Gasteiger charge is -2.13. The van der Waals surface area contributed by atoms with Gasteiger partial charge in [-0.1, -0.05) is 29.8 Å². The molecule has 0 saturated carbocycles. The average Bonchev–Trinajstić information content (AvgIpc) is 3.06. The summed E-state index contributed by atoms with van der Waals surface area (Å²) in [5.41, 5.74) is 4.78. The highest BCUT2D eigenvalue weighted by Crippen LogP contribution is 2.29. The van der Waals surface area contributed by atoms with Crippen LogP contribution in [0.3, 0.4) is 0 Å². The van der Waals surface area contributed by atoms with Crippen LogP contribution in [-0.4, -0.2) is 23.6 Å².